The highest BCUT2D eigenvalue weighted by Crippen LogP contribution is 2.39. The van der Waals surface area contributed by atoms with Gasteiger partial charge in [-0.25, -0.2) is 4.39 Å². The molecule has 2 unspecified atom stereocenters. The third kappa shape index (κ3) is 3.93. The summed E-state index contributed by atoms with van der Waals surface area (Å²) in [7, 11) is 1.08. The van der Waals surface area contributed by atoms with Crippen molar-refractivity contribution in [1.29, 1.82) is 0 Å². The van der Waals surface area contributed by atoms with Gasteiger partial charge in [0.1, 0.15) is 5.82 Å². The molecule has 0 aromatic heterocycles. The SMILES string of the molecule is COC(=O)C(C(C)C)C(O)c1ccc(F)cc1C(F)(F)F. The maximum absolute atomic E-state index is 13.1. The van der Waals surface area contributed by atoms with Crippen molar-refractivity contribution in [3.63, 3.8) is 0 Å². The molecule has 0 radical (unpaired) electrons. The Hall–Kier alpha value is -1.63. The molecule has 0 saturated heterocycles. The van der Waals surface area contributed by atoms with Crippen LogP contribution in [0.5, 0.6) is 0 Å². The third-order valence-corrected chi connectivity index (χ3v) is 3.17. The number of alkyl halides is 3. The quantitative estimate of drug-likeness (QED) is 0.685. The molecule has 21 heavy (non-hydrogen) atoms. The fourth-order valence-electron chi connectivity index (χ4n) is 2.13. The molecule has 7 heteroatoms. The van der Waals surface area contributed by atoms with Gasteiger partial charge < -0.3 is 9.84 Å². The molecule has 1 N–H and O–H groups in total. The Kier molecular flexibility index (Phi) is 5.33. The minimum absolute atomic E-state index is 0.299. The van der Waals surface area contributed by atoms with Crippen molar-refractivity contribution in [1.82, 2.24) is 0 Å². The molecule has 0 heterocycles. The molecular weight excluding hydrogens is 292 g/mol. The average molecular weight is 308 g/mol. The molecule has 2 atom stereocenters. The van der Waals surface area contributed by atoms with Crippen LogP contribution in [0.1, 0.15) is 31.1 Å². The molecule has 1 rings (SSSR count). The van der Waals surface area contributed by atoms with E-state index in [4.69, 9.17) is 0 Å². The van der Waals surface area contributed by atoms with E-state index in [-0.39, 0.29) is 0 Å². The first kappa shape index (κ1) is 17.4. The fraction of sp³-hybridized carbons (Fsp3) is 0.500. The van der Waals surface area contributed by atoms with Crippen molar-refractivity contribution >= 4 is 5.97 Å². The van der Waals surface area contributed by atoms with Crippen molar-refractivity contribution in [2.75, 3.05) is 7.11 Å². The number of carbonyl (C=O) groups is 1. The minimum atomic E-state index is -4.84. The first-order chi connectivity index (χ1) is 9.59. The van der Waals surface area contributed by atoms with E-state index < -0.39 is 47.0 Å². The van der Waals surface area contributed by atoms with E-state index in [1.54, 1.807) is 13.8 Å². The molecule has 0 fully saturated rings. The lowest BCUT2D eigenvalue weighted by atomic mass is 9.84. The molecule has 0 saturated carbocycles. The van der Waals surface area contributed by atoms with Crippen LogP contribution < -0.4 is 0 Å². The van der Waals surface area contributed by atoms with E-state index >= 15 is 0 Å². The summed E-state index contributed by atoms with van der Waals surface area (Å²) in [5.41, 5.74) is -1.85. The average Bonchev–Trinajstić information content (AvgIpc) is 2.36. The number of rotatable bonds is 4. The number of aliphatic hydroxyl groups excluding tert-OH is 1. The summed E-state index contributed by atoms with van der Waals surface area (Å²) in [4.78, 5) is 11.7. The maximum Gasteiger partial charge on any atom is 0.416 e. The first-order valence-electron chi connectivity index (χ1n) is 6.22. The number of ether oxygens (including phenoxy) is 1. The standard InChI is InChI=1S/C14H16F4O3/c1-7(2)11(13(20)21-3)12(19)9-5-4-8(15)6-10(9)14(16,17)18/h4-7,11-12,19H,1-3H3. The number of carbonyl (C=O) groups excluding carboxylic acids is 1. The van der Waals surface area contributed by atoms with Gasteiger partial charge in [0.05, 0.1) is 24.7 Å². The van der Waals surface area contributed by atoms with Crippen LogP contribution in [0.3, 0.4) is 0 Å². The predicted octanol–water partition coefficient (Wildman–Crippen LogP) is 3.32. The molecule has 118 valence electrons. The highest BCUT2D eigenvalue weighted by atomic mass is 19.4. The zero-order valence-corrected chi connectivity index (χ0v) is 11.7. The highest BCUT2D eigenvalue weighted by molar-refractivity contribution is 5.73. The highest BCUT2D eigenvalue weighted by Gasteiger charge is 2.40. The maximum atomic E-state index is 13.1. The van der Waals surface area contributed by atoms with Gasteiger partial charge in [0.25, 0.3) is 0 Å². The normalized spacial score (nSPS) is 14.9. The van der Waals surface area contributed by atoms with Crippen LogP contribution in [0, 0.1) is 17.7 Å². The Morgan fingerprint density at radius 3 is 2.29 bits per heavy atom. The van der Waals surface area contributed by atoms with Crippen LogP contribution in [0.4, 0.5) is 17.6 Å². The van der Waals surface area contributed by atoms with Crippen LogP contribution >= 0.6 is 0 Å². The lowest BCUT2D eigenvalue weighted by molar-refractivity contribution is -0.153. The van der Waals surface area contributed by atoms with E-state index in [1.165, 1.54) is 0 Å². The Balaban J connectivity index is 3.34. The number of benzene rings is 1. The number of esters is 1. The minimum Gasteiger partial charge on any atom is -0.469 e. The van der Waals surface area contributed by atoms with Crippen molar-refractivity contribution in [2.24, 2.45) is 11.8 Å². The predicted molar refractivity (Wildman–Crippen MR) is 66.7 cm³/mol. The number of hydrogen-bond donors (Lipinski definition) is 1. The summed E-state index contributed by atoms with van der Waals surface area (Å²) >= 11 is 0. The molecule has 0 aliphatic carbocycles. The van der Waals surface area contributed by atoms with Crippen molar-refractivity contribution in [3.05, 3.63) is 35.1 Å². The molecule has 0 aliphatic heterocycles. The van der Waals surface area contributed by atoms with E-state index in [0.29, 0.717) is 6.07 Å². The third-order valence-electron chi connectivity index (χ3n) is 3.17. The van der Waals surface area contributed by atoms with Gasteiger partial charge in [-0.1, -0.05) is 19.9 Å². The molecule has 1 aromatic carbocycles. The Bertz CT molecular complexity index is 511. The van der Waals surface area contributed by atoms with Gasteiger partial charge >= 0.3 is 12.1 Å². The molecule has 3 nitrogen and oxygen atoms in total. The van der Waals surface area contributed by atoms with E-state index in [0.717, 1.165) is 19.2 Å². The Morgan fingerprint density at radius 1 is 1.29 bits per heavy atom. The van der Waals surface area contributed by atoms with Crippen LogP contribution in [0.25, 0.3) is 0 Å². The molecule has 0 amide bonds. The smallest absolute Gasteiger partial charge is 0.416 e. The lowest BCUT2D eigenvalue weighted by Gasteiger charge is -2.26. The van der Waals surface area contributed by atoms with Gasteiger partial charge in [0, 0.05) is 0 Å². The molecule has 1 aromatic rings. The van der Waals surface area contributed by atoms with Crippen LogP contribution in [-0.4, -0.2) is 18.2 Å². The van der Waals surface area contributed by atoms with Gasteiger partial charge in [0.2, 0.25) is 0 Å². The van der Waals surface area contributed by atoms with Gasteiger partial charge in [-0.2, -0.15) is 13.2 Å². The largest absolute Gasteiger partial charge is 0.469 e. The molecular formula is C14H16F4O3. The molecule has 0 bridgehead atoms. The van der Waals surface area contributed by atoms with E-state index in [9.17, 15) is 27.5 Å². The zero-order valence-electron chi connectivity index (χ0n) is 11.7. The van der Waals surface area contributed by atoms with Gasteiger partial charge in [0.15, 0.2) is 0 Å². The number of methoxy groups -OCH3 is 1. The Morgan fingerprint density at radius 2 is 1.86 bits per heavy atom. The fourth-order valence-corrected chi connectivity index (χ4v) is 2.13. The zero-order chi connectivity index (χ0) is 16.4. The lowest BCUT2D eigenvalue weighted by Crippen LogP contribution is -2.29. The molecule has 0 spiro atoms. The number of aliphatic hydroxyl groups is 1. The van der Waals surface area contributed by atoms with Crippen molar-refractivity contribution in [2.45, 2.75) is 26.1 Å². The number of halogens is 4. The Labute approximate surface area is 119 Å². The van der Waals surface area contributed by atoms with E-state index in [1.807, 2.05) is 0 Å². The summed E-state index contributed by atoms with van der Waals surface area (Å²) in [6.45, 7) is 3.14. The second kappa shape index (κ2) is 6.43. The monoisotopic (exact) mass is 308 g/mol. The number of hydrogen-bond acceptors (Lipinski definition) is 3. The molecule has 0 aliphatic rings. The van der Waals surface area contributed by atoms with E-state index in [2.05, 4.69) is 4.74 Å². The first-order valence-corrected chi connectivity index (χ1v) is 6.22. The van der Waals surface area contributed by atoms with Gasteiger partial charge in [-0.15, -0.1) is 0 Å². The van der Waals surface area contributed by atoms with Crippen LogP contribution in [0.15, 0.2) is 18.2 Å². The van der Waals surface area contributed by atoms with Crippen LogP contribution in [-0.2, 0) is 15.7 Å². The summed E-state index contributed by atoms with van der Waals surface area (Å²) in [5, 5.41) is 10.2. The summed E-state index contributed by atoms with van der Waals surface area (Å²) in [5.74, 6) is -3.53. The van der Waals surface area contributed by atoms with Gasteiger partial charge in [-0.3, -0.25) is 4.79 Å². The second-order valence-corrected chi connectivity index (χ2v) is 4.97. The summed E-state index contributed by atoms with van der Waals surface area (Å²) in [6, 6.07) is 1.94. The topological polar surface area (TPSA) is 46.5 Å². The van der Waals surface area contributed by atoms with Gasteiger partial charge in [-0.05, 0) is 23.6 Å². The second-order valence-electron chi connectivity index (χ2n) is 4.97. The summed E-state index contributed by atoms with van der Waals surface area (Å²) < 4.78 is 56.4. The van der Waals surface area contributed by atoms with Crippen molar-refractivity contribution < 1.29 is 32.2 Å². The van der Waals surface area contributed by atoms with Crippen LogP contribution in [0.2, 0.25) is 0 Å². The summed E-state index contributed by atoms with van der Waals surface area (Å²) in [6.07, 6.45) is -6.58. The van der Waals surface area contributed by atoms with Crippen molar-refractivity contribution in [3.8, 4) is 0 Å².